The van der Waals surface area contributed by atoms with Crippen LogP contribution in [-0.2, 0) is 11.3 Å². The number of halogens is 1. The van der Waals surface area contributed by atoms with Crippen LogP contribution in [0.4, 0.5) is 0 Å². The average Bonchev–Trinajstić information content (AvgIpc) is 3.04. The monoisotopic (exact) mass is 462 g/mol. The standard InChI is InChI=1S/C20H19BrN2O4S/c1-2-25-8-7-23-15-5-4-14(21)12-18(15)28-20(23)22-19(24)13-3-6-16-17(11-13)27-10-9-26-16/h3-6,11-12H,2,7-10H2,1H3. The fourth-order valence-corrected chi connectivity index (χ4v) is 4.58. The molecule has 0 unspecified atom stereocenters. The number of rotatable bonds is 5. The van der Waals surface area contributed by atoms with Crippen molar-refractivity contribution in [3.05, 3.63) is 51.2 Å². The maximum atomic E-state index is 12.8. The lowest BCUT2D eigenvalue weighted by atomic mass is 10.2. The van der Waals surface area contributed by atoms with Crippen LogP contribution in [0.1, 0.15) is 17.3 Å². The first-order valence-corrected chi connectivity index (χ1v) is 10.6. The van der Waals surface area contributed by atoms with Crippen LogP contribution in [0.25, 0.3) is 10.2 Å². The number of ether oxygens (including phenoxy) is 3. The first kappa shape index (κ1) is 19.2. The van der Waals surface area contributed by atoms with E-state index in [4.69, 9.17) is 14.2 Å². The Bertz CT molecular complexity index is 1090. The van der Waals surface area contributed by atoms with Gasteiger partial charge in [-0.25, -0.2) is 0 Å². The Morgan fingerprint density at radius 3 is 2.86 bits per heavy atom. The first-order valence-electron chi connectivity index (χ1n) is 9.01. The van der Waals surface area contributed by atoms with E-state index in [0.717, 1.165) is 14.7 Å². The van der Waals surface area contributed by atoms with Gasteiger partial charge in [0, 0.05) is 23.2 Å². The zero-order valence-electron chi connectivity index (χ0n) is 15.3. The molecule has 1 aliphatic rings. The van der Waals surface area contributed by atoms with Crippen LogP contribution in [0.2, 0.25) is 0 Å². The second-order valence-corrected chi connectivity index (χ2v) is 8.05. The molecule has 8 heteroatoms. The molecule has 0 N–H and O–H groups in total. The molecule has 28 heavy (non-hydrogen) atoms. The van der Waals surface area contributed by atoms with Crippen molar-refractivity contribution in [2.45, 2.75) is 13.5 Å². The number of fused-ring (bicyclic) bond motifs is 2. The van der Waals surface area contributed by atoms with Crippen LogP contribution < -0.4 is 14.3 Å². The molecule has 0 saturated heterocycles. The van der Waals surface area contributed by atoms with Gasteiger partial charge in [-0.3, -0.25) is 4.79 Å². The normalized spacial score (nSPS) is 13.9. The molecule has 4 rings (SSSR count). The lowest BCUT2D eigenvalue weighted by Crippen LogP contribution is -2.20. The van der Waals surface area contributed by atoms with E-state index in [1.807, 2.05) is 29.7 Å². The quantitative estimate of drug-likeness (QED) is 0.537. The second kappa shape index (κ2) is 8.46. The predicted molar refractivity (Wildman–Crippen MR) is 111 cm³/mol. The third kappa shape index (κ3) is 3.99. The zero-order valence-corrected chi connectivity index (χ0v) is 17.7. The van der Waals surface area contributed by atoms with E-state index in [2.05, 4.69) is 20.9 Å². The van der Waals surface area contributed by atoms with Crippen molar-refractivity contribution >= 4 is 43.4 Å². The number of hydrogen-bond donors (Lipinski definition) is 0. The molecule has 0 saturated carbocycles. The van der Waals surface area contributed by atoms with E-state index in [-0.39, 0.29) is 5.91 Å². The van der Waals surface area contributed by atoms with Gasteiger partial charge >= 0.3 is 0 Å². The molecule has 1 aromatic heterocycles. The summed E-state index contributed by atoms with van der Waals surface area (Å²) in [5.74, 6) is 0.922. The molecule has 0 bridgehead atoms. The van der Waals surface area contributed by atoms with E-state index in [9.17, 15) is 4.79 Å². The summed E-state index contributed by atoms with van der Waals surface area (Å²) in [6, 6.07) is 11.2. The van der Waals surface area contributed by atoms with Crippen molar-refractivity contribution in [1.29, 1.82) is 0 Å². The molecule has 0 atom stereocenters. The van der Waals surface area contributed by atoms with Crippen LogP contribution in [0.15, 0.2) is 45.9 Å². The highest BCUT2D eigenvalue weighted by Gasteiger charge is 2.15. The number of carbonyl (C=O) groups is 1. The van der Waals surface area contributed by atoms with Crippen LogP contribution >= 0.6 is 27.3 Å². The van der Waals surface area contributed by atoms with E-state index in [1.54, 1.807) is 18.2 Å². The highest BCUT2D eigenvalue weighted by molar-refractivity contribution is 9.10. The summed E-state index contributed by atoms with van der Waals surface area (Å²) in [4.78, 5) is 17.9. The Hall–Kier alpha value is -2.16. The minimum Gasteiger partial charge on any atom is -0.486 e. The Morgan fingerprint density at radius 2 is 2.04 bits per heavy atom. The van der Waals surface area contributed by atoms with E-state index < -0.39 is 0 Å². The average molecular weight is 463 g/mol. The van der Waals surface area contributed by atoms with Gasteiger partial charge in [0.2, 0.25) is 0 Å². The number of benzene rings is 2. The van der Waals surface area contributed by atoms with Gasteiger partial charge in [-0.05, 0) is 43.3 Å². The number of carbonyl (C=O) groups excluding carboxylic acids is 1. The Morgan fingerprint density at radius 1 is 1.21 bits per heavy atom. The Kier molecular flexibility index (Phi) is 5.79. The van der Waals surface area contributed by atoms with E-state index in [1.165, 1.54) is 11.3 Å². The molecule has 2 aromatic carbocycles. The molecule has 146 valence electrons. The third-order valence-electron chi connectivity index (χ3n) is 4.29. The van der Waals surface area contributed by atoms with Crippen LogP contribution in [0.3, 0.4) is 0 Å². The van der Waals surface area contributed by atoms with Gasteiger partial charge < -0.3 is 18.8 Å². The van der Waals surface area contributed by atoms with Crippen LogP contribution in [0.5, 0.6) is 11.5 Å². The lowest BCUT2D eigenvalue weighted by Gasteiger charge is -2.18. The summed E-state index contributed by atoms with van der Waals surface area (Å²) in [6.07, 6.45) is 0. The molecule has 3 aromatic rings. The second-order valence-electron chi connectivity index (χ2n) is 6.12. The fourth-order valence-electron chi connectivity index (χ4n) is 2.98. The van der Waals surface area contributed by atoms with E-state index >= 15 is 0 Å². The zero-order chi connectivity index (χ0) is 19.5. The van der Waals surface area contributed by atoms with Crippen LogP contribution in [0, 0.1) is 0 Å². The molecule has 6 nitrogen and oxygen atoms in total. The van der Waals surface area contributed by atoms with Gasteiger partial charge in [0.15, 0.2) is 16.3 Å². The van der Waals surface area contributed by atoms with Gasteiger partial charge in [0.25, 0.3) is 5.91 Å². The number of aromatic nitrogens is 1. The maximum absolute atomic E-state index is 12.8. The SMILES string of the molecule is CCOCCn1c(=NC(=O)c2ccc3c(c2)OCCO3)sc2cc(Br)ccc21. The minimum atomic E-state index is -0.312. The Labute approximate surface area is 174 Å². The third-order valence-corrected chi connectivity index (χ3v) is 5.83. The summed E-state index contributed by atoms with van der Waals surface area (Å²) in [5, 5.41) is 0. The number of amides is 1. The van der Waals surface area contributed by atoms with Crippen molar-refractivity contribution in [2.75, 3.05) is 26.4 Å². The van der Waals surface area contributed by atoms with Crippen molar-refractivity contribution in [3.8, 4) is 11.5 Å². The molecule has 0 radical (unpaired) electrons. The number of hydrogen-bond acceptors (Lipinski definition) is 5. The molecule has 1 aliphatic heterocycles. The smallest absolute Gasteiger partial charge is 0.279 e. The molecule has 1 amide bonds. The Balaban J connectivity index is 1.73. The van der Waals surface area contributed by atoms with Crippen molar-refractivity contribution < 1.29 is 19.0 Å². The van der Waals surface area contributed by atoms with Gasteiger partial charge in [-0.15, -0.1) is 0 Å². The fraction of sp³-hybridized carbons (Fsp3) is 0.300. The first-order chi connectivity index (χ1) is 13.7. The van der Waals surface area contributed by atoms with Crippen LogP contribution in [-0.4, -0.2) is 36.9 Å². The van der Waals surface area contributed by atoms with E-state index in [0.29, 0.717) is 54.8 Å². The summed E-state index contributed by atoms with van der Waals surface area (Å²) in [6.45, 7) is 4.79. The number of nitrogens with zero attached hydrogens (tertiary/aromatic N) is 2. The predicted octanol–water partition coefficient (Wildman–Crippen LogP) is 4.01. The molecular weight excluding hydrogens is 444 g/mol. The largest absolute Gasteiger partial charge is 0.486 e. The molecule has 0 spiro atoms. The van der Waals surface area contributed by atoms with Gasteiger partial charge in [0.05, 0.1) is 16.8 Å². The highest BCUT2D eigenvalue weighted by atomic mass is 79.9. The molecule has 2 heterocycles. The molecular formula is C20H19BrN2O4S. The summed E-state index contributed by atoms with van der Waals surface area (Å²) in [5.41, 5.74) is 1.50. The molecule has 0 fully saturated rings. The van der Waals surface area contributed by atoms with Crippen molar-refractivity contribution in [3.63, 3.8) is 0 Å². The van der Waals surface area contributed by atoms with Crippen molar-refractivity contribution in [1.82, 2.24) is 4.57 Å². The summed E-state index contributed by atoms with van der Waals surface area (Å²) < 4.78 is 20.7. The van der Waals surface area contributed by atoms with Gasteiger partial charge in [-0.2, -0.15) is 4.99 Å². The van der Waals surface area contributed by atoms with Crippen molar-refractivity contribution in [2.24, 2.45) is 4.99 Å². The summed E-state index contributed by atoms with van der Waals surface area (Å²) >= 11 is 4.98. The topological polar surface area (TPSA) is 62.1 Å². The van der Waals surface area contributed by atoms with Gasteiger partial charge in [0.1, 0.15) is 13.2 Å². The minimum absolute atomic E-state index is 0.312. The number of thiazole rings is 1. The lowest BCUT2D eigenvalue weighted by molar-refractivity contribution is 0.0995. The maximum Gasteiger partial charge on any atom is 0.279 e. The summed E-state index contributed by atoms with van der Waals surface area (Å²) in [7, 11) is 0. The highest BCUT2D eigenvalue weighted by Crippen LogP contribution is 2.31. The molecule has 0 aliphatic carbocycles. The van der Waals surface area contributed by atoms with Gasteiger partial charge in [-0.1, -0.05) is 27.3 Å².